The van der Waals surface area contributed by atoms with Crippen LogP contribution in [-0.4, -0.2) is 0 Å². The van der Waals surface area contributed by atoms with Crippen LogP contribution in [0.15, 0.2) is 24.3 Å². The second-order valence-electron chi connectivity index (χ2n) is 5.72. The van der Waals surface area contributed by atoms with Gasteiger partial charge in [-0.2, -0.15) is 0 Å². The highest BCUT2D eigenvalue weighted by atomic mass is 14.0. The molecule has 0 rings (SSSR count). The quantitative estimate of drug-likeness (QED) is 0.268. The predicted molar refractivity (Wildman–Crippen MR) is 85.0 cm³/mol. The van der Waals surface area contributed by atoms with Crippen LogP contribution in [0, 0.1) is 5.92 Å². The first-order valence-corrected chi connectivity index (χ1v) is 8.07. The van der Waals surface area contributed by atoms with Crippen molar-refractivity contribution in [2.75, 3.05) is 0 Å². The summed E-state index contributed by atoms with van der Waals surface area (Å²) in [5.41, 5.74) is 0. The number of unbranched alkanes of at least 4 members (excludes halogenated alkanes) is 7. The summed E-state index contributed by atoms with van der Waals surface area (Å²) in [6, 6.07) is 0. The summed E-state index contributed by atoms with van der Waals surface area (Å²) in [6.45, 7) is 6.81. The van der Waals surface area contributed by atoms with Gasteiger partial charge in [-0.1, -0.05) is 83.6 Å². The van der Waals surface area contributed by atoms with Crippen molar-refractivity contribution >= 4 is 0 Å². The van der Waals surface area contributed by atoms with Crippen molar-refractivity contribution in [1.82, 2.24) is 0 Å². The molecule has 0 aliphatic heterocycles. The van der Waals surface area contributed by atoms with E-state index in [1.54, 1.807) is 0 Å². The van der Waals surface area contributed by atoms with Crippen LogP contribution >= 0.6 is 0 Å². The van der Waals surface area contributed by atoms with E-state index < -0.39 is 0 Å². The molecule has 0 heterocycles. The molecule has 0 saturated carbocycles. The minimum atomic E-state index is 0.790. The highest BCUT2D eigenvalue weighted by Crippen LogP contribution is 2.08. The zero-order valence-electron chi connectivity index (χ0n) is 13.0. The molecular weight excluding hydrogens is 216 g/mol. The Morgan fingerprint density at radius 3 is 2.00 bits per heavy atom. The molecule has 0 unspecified atom stereocenters. The van der Waals surface area contributed by atoms with Crippen molar-refractivity contribution in [3.63, 3.8) is 0 Å². The van der Waals surface area contributed by atoms with Crippen LogP contribution in [0.5, 0.6) is 0 Å². The average molecular weight is 250 g/mol. The van der Waals surface area contributed by atoms with Gasteiger partial charge in [-0.25, -0.2) is 0 Å². The average Bonchev–Trinajstić information content (AvgIpc) is 2.34. The largest absolute Gasteiger partial charge is 0.0882 e. The second kappa shape index (κ2) is 14.5. The first-order chi connectivity index (χ1) is 8.77. The molecular formula is C18H34. The minimum absolute atomic E-state index is 0.790. The van der Waals surface area contributed by atoms with Crippen LogP contribution in [0.4, 0.5) is 0 Å². The van der Waals surface area contributed by atoms with Gasteiger partial charge in [-0.15, -0.1) is 0 Å². The predicted octanol–water partition coefficient (Wildman–Crippen LogP) is 6.68. The number of rotatable bonds is 12. The fraction of sp³-hybridized carbons (Fsp3) is 0.778. The Hall–Kier alpha value is -0.520. The molecule has 0 spiro atoms. The summed E-state index contributed by atoms with van der Waals surface area (Å²) in [4.78, 5) is 0. The van der Waals surface area contributed by atoms with Gasteiger partial charge >= 0.3 is 0 Å². The van der Waals surface area contributed by atoms with Crippen LogP contribution in [0.3, 0.4) is 0 Å². The summed E-state index contributed by atoms with van der Waals surface area (Å²) in [5.74, 6) is 0.790. The minimum Gasteiger partial charge on any atom is -0.0882 e. The van der Waals surface area contributed by atoms with E-state index in [1.165, 1.54) is 57.8 Å². The molecule has 0 N–H and O–H groups in total. The summed E-state index contributed by atoms with van der Waals surface area (Å²) in [7, 11) is 0. The molecule has 0 nitrogen and oxygen atoms in total. The maximum absolute atomic E-state index is 2.35. The zero-order valence-corrected chi connectivity index (χ0v) is 13.0. The second-order valence-corrected chi connectivity index (χ2v) is 5.72. The third-order valence-electron chi connectivity index (χ3n) is 3.19. The summed E-state index contributed by atoms with van der Waals surface area (Å²) < 4.78 is 0. The van der Waals surface area contributed by atoms with Crippen molar-refractivity contribution in [3.8, 4) is 0 Å². The first-order valence-electron chi connectivity index (χ1n) is 8.07. The van der Waals surface area contributed by atoms with E-state index in [4.69, 9.17) is 0 Å². The van der Waals surface area contributed by atoms with Crippen molar-refractivity contribution in [1.29, 1.82) is 0 Å². The van der Waals surface area contributed by atoms with Gasteiger partial charge < -0.3 is 0 Å². The van der Waals surface area contributed by atoms with Crippen molar-refractivity contribution in [2.45, 2.75) is 85.0 Å². The fourth-order valence-electron chi connectivity index (χ4n) is 1.98. The lowest BCUT2D eigenvalue weighted by Gasteiger charge is -1.98. The van der Waals surface area contributed by atoms with Gasteiger partial charge in [0.1, 0.15) is 0 Å². The molecule has 106 valence electrons. The number of allylic oxidation sites excluding steroid dienone is 4. The Morgan fingerprint density at radius 2 is 1.33 bits per heavy atom. The molecule has 0 radical (unpaired) electrons. The highest BCUT2D eigenvalue weighted by molar-refractivity contribution is 4.92. The molecule has 0 saturated heterocycles. The van der Waals surface area contributed by atoms with Crippen LogP contribution in [0.2, 0.25) is 0 Å². The van der Waals surface area contributed by atoms with Crippen molar-refractivity contribution in [3.05, 3.63) is 24.3 Å². The first kappa shape index (κ1) is 17.5. The van der Waals surface area contributed by atoms with Gasteiger partial charge in [0, 0.05) is 0 Å². The third-order valence-corrected chi connectivity index (χ3v) is 3.19. The smallest absolute Gasteiger partial charge is 0.0169 e. The lowest BCUT2D eigenvalue weighted by Crippen LogP contribution is -1.80. The van der Waals surface area contributed by atoms with E-state index in [0.29, 0.717) is 0 Å². The number of hydrogen-bond donors (Lipinski definition) is 0. The van der Waals surface area contributed by atoms with Crippen LogP contribution < -0.4 is 0 Å². The SMILES string of the molecule is CCCCCCCCC/C=C/C/C=C/CC(C)C. The van der Waals surface area contributed by atoms with Crippen LogP contribution in [0.25, 0.3) is 0 Å². The molecule has 0 fully saturated rings. The van der Waals surface area contributed by atoms with E-state index in [1.807, 2.05) is 0 Å². The van der Waals surface area contributed by atoms with E-state index in [9.17, 15) is 0 Å². The van der Waals surface area contributed by atoms with Crippen LogP contribution in [0.1, 0.15) is 85.0 Å². The molecule has 0 aliphatic carbocycles. The maximum Gasteiger partial charge on any atom is -0.0169 e. The van der Waals surface area contributed by atoms with Crippen molar-refractivity contribution < 1.29 is 0 Å². The molecule has 0 aromatic carbocycles. The van der Waals surface area contributed by atoms with Gasteiger partial charge in [0.05, 0.1) is 0 Å². The summed E-state index contributed by atoms with van der Waals surface area (Å²) in [5, 5.41) is 0. The molecule has 0 aromatic rings. The Morgan fingerprint density at radius 1 is 0.722 bits per heavy atom. The van der Waals surface area contributed by atoms with E-state index >= 15 is 0 Å². The van der Waals surface area contributed by atoms with Gasteiger partial charge in [0.2, 0.25) is 0 Å². The Labute approximate surface area is 116 Å². The zero-order chi connectivity index (χ0) is 13.5. The van der Waals surface area contributed by atoms with Gasteiger partial charge in [-0.3, -0.25) is 0 Å². The lowest BCUT2D eigenvalue weighted by molar-refractivity contribution is 0.592. The van der Waals surface area contributed by atoms with E-state index in [2.05, 4.69) is 45.1 Å². The molecule has 0 amide bonds. The molecule has 0 heteroatoms. The van der Waals surface area contributed by atoms with Crippen LogP contribution in [-0.2, 0) is 0 Å². The van der Waals surface area contributed by atoms with E-state index in [0.717, 1.165) is 12.3 Å². The third kappa shape index (κ3) is 15.5. The Kier molecular flexibility index (Phi) is 14.1. The normalized spacial score (nSPS) is 12.2. The Bertz CT molecular complexity index is 198. The lowest BCUT2D eigenvalue weighted by atomic mass is 10.1. The van der Waals surface area contributed by atoms with Crippen molar-refractivity contribution in [2.24, 2.45) is 5.92 Å². The van der Waals surface area contributed by atoms with Gasteiger partial charge in [0.25, 0.3) is 0 Å². The molecule has 0 bridgehead atoms. The maximum atomic E-state index is 2.35. The van der Waals surface area contributed by atoms with E-state index in [-0.39, 0.29) is 0 Å². The number of hydrogen-bond acceptors (Lipinski definition) is 0. The van der Waals surface area contributed by atoms with Gasteiger partial charge in [0.15, 0.2) is 0 Å². The monoisotopic (exact) mass is 250 g/mol. The molecule has 0 atom stereocenters. The standard InChI is InChI=1S/C18H34/c1-4-5-6-7-8-9-10-11-12-13-14-15-16-17-18(2)3/h12-13,15-16,18H,4-11,14,17H2,1-3H3/b13-12+,16-15+. The Balaban J connectivity index is 3.16. The summed E-state index contributed by atoms with van der Waals surface area (Å²) in [6.07, 6.45) is 22.7. The topological polar surface area (TPSA) is 0 Å². The summed E-state index contributed by atoms with van der Waals surface area (Å²) >= 11 is 0. The highest BCUT2D eigenvalue weighted by Gasteiger charge is 1.89. The molecule has 0 aliphatic rings. The fourth-order valence-corrected chi connectivity index (χ4v) is 1.98. The molecule has 18 heavy (non-hydrogen) atoms. The molecule has 0 aromatic heterocycles. The van der Waals surface area contributed by atoms with Gasteiger partial charge in [-0.05, 0) is 31.6 Å².